The lowest BCUT2D eigenvalue weighted by atomic mass is 10.2. The van der Waals surface area contributed by atoms with Crippen molar-refractivity contribution in [3.8, 4) is 0 Å². The maximum absolute atomic E-state index is 13.0. The monoisotopic (exact) mass is 408 g/mol. The third kappa shape index (κ3) is 6.26. The molecule has 1 amide bonds. The van der Waals surface area contributed by atoms with Gasteiger partial charge in [0.1, 0.15) is 16.9 Å². The molecule has 0 aliphatic rings. The summed E-state index contributed by atoms with van der Waals surface area (Å²) in [5, 5.41) is 6.21. The van der Waals surface area contributed by atoms with E-state index in [4.69, 9.17) is 4.74 Å². The van der Waals surface area contributed by atoms with Crippen molar-refractivity contribution in [1.82, 2.24) is 19.7 Å². The highest BCUT2D eigenvalue weighted by atomic mass is 79.9. The number of nitrogens with zero attached hydrogens (tertiary/aromatic N) is 3. The van der Waals surface area contributed by atoms with Crippen LogP contribution in [0.3, 0.4) is 0 Å². The van der Waals surface area contributed by atoms with Crippen molar-refractivity contribution in [2.75, 3.05) is 6.54 Å². The Morgan fingerprint density at radius 1 is 1.50 bits per heavy atom. The number of hydrogen-bond acceptors (Lipinski definition) is 4. The quantitative estimate of drug-likeness (QED) is 0.734. The number of hydrogen-bond donors (Lipinski definition) is 1. The molecule has 7 nitrogen and oxygen atoms in total. The lowest BCUT2D eigenvalue weighted by molar-refractivity contribution is 0.0532. The molecule has 0 aliphatic heterocycles. The Bertz CT molecular complexity index is 676. The zero-order valence-electron chi connectivity index (χ0n) is 13.5. The molecule has 0 fully saturated rings. The van der Waals surface area contributed by atoms with Crippen LogP contribution >= 0.6 is 15.9 Å². The van der Waals surface area contributed by atoms with E-state index in [9.17, 15) is 18.4 Å². The Kier molecular flexibility index (Phi) is 7.33. The molecule has 24 heavy (non-hydrogen) atoms. The van der Waals surface area contributed by atoms with Crippen LogP contribution < -0.4 is 11.0 Å². The van der Waals surface area contributed by atoms with E-state index in [1.807, 2.05) is 0 Å². The molecule has 0 aromatic carbocycles. The van der Waals surface area contributed by atoms with Gasteiger partial charge >= 0.3 is 11.8 Å². The Labute approximate surface area is 146 Å². The molecule has 134 valence electrons. The minimum Gasteiger partial charge on any atom is -0.444 e. The molecular weight excluding hydrogens is 390 g/mol. The van der Waals surface area contributed by atoms with E-state index in [1.165, 1.54) is 6.33 Å². The first-order valence-corrected chi connectivity index (χ1v) is 7.89. The molecule has 0 saturated heterocycles. The van der Waals surface area contributed by atoms with Gasteiger partial charge in [0, 0.05) is 6.54 Å². The van der Waals surface area contributed by atoms with E-state index < -0.39 is 22.3 Å². The van der Waals surface area contributed by atoms with E-state index >= 15 is 0 Å². The minimum absolute atomic E-state index is 0.111. The zero-order valence-corrected chi connectivity index (χ0v) is 15.1. The summed E-state index contributed by atoms with van der Waals surface area (Å²) in [7, 11) is 0. The molecule has 10 heteroatoms. The first-order chi connectivity index (χ1) is 11.2. The van der Waals surface area contributed by atoms with Crippen LogP contribution in [0, 0.1) is 0 Å². The molecule has 0 radical (unpaired) electrons. The summed E-state index contributed by atoms with van der Waals surface area (Å²) in [5.41, 5.74) is -1.12. The maximum atomic E-state index is 13.0. The Morgan fingerprint density at radius 2 is 2.17 bits per heavy atom. The van der Waals surface area contributed by atoms with Gasteiger partial charge in [-0.25, -0.2) is 23.1 Å². The third-order valence-electron chi connectivity index (χ3n) is 2.62. The summed E-state index contributed by atoms with van der Waals surface area (Å²) in [6.07, 6.45) is 2.17. The number of aromatic nitrogens is 3. The molecule has 1 aromatic heterocycles. The highest BCUT2D eigenvalue weighted by Crippen LogP contribution is 2.13. The Morgan fingerprint density at radius 3 is 2.71 bits per heavy atom. The van der Waals surface area contributed by atoms with Crippen molar-refractivity contribution in [2.24, 2.45) is 0 Å². The maximum Gasteiger partial charge on any atom is 0.407 e. The van der Waals surface area contributed by atoms with Crippen molar-refractivity contribution in [3.63, 3.8) is 0 Å². The summed E-state index contributed by atoms with van der Waals surface area (Å²) in [6, 6.07) is 0. The predicted molar refractivity (Wildman–Crippen MR) is 88.1 cm³/mol. The van der Waals surface area contributed by atoms with E-state index in [2.05, 4.69) is 26.3 Å². The summed E-state index contributed by atoms with van der Waals surface area (Å²) in [6.45, 7) is 4.79. The molecule has 0 bridgehead atoms. The molecule has 0 aliphatic carbocycles. The molecule has 1 rings (SSSR count). The largest absolute Gasteiger partial charge is 0.444 e. The highest BCUT2D eigenvalue weighted by molar-refractivity contribution is 9.09. The second-order valence-corrected chi connectivity index (χ2v) is 6.73. The number of rotatable bonds is 6. The smallest absolute Gasteiger partial charge is 0.407 e. The molecule has 1 N–H and O–H groups in total. The van der Waals surface area contributed by atoms with Gasteiger partial charge in [-0.2, -0.15) is 5.10 Å². The van der Waals surface area contributed by atoms with Gasteiger partial charge in [0.25, 0.3) is 0 Å². The molecule has 1 unspecified atom stereocenters. The van der Waals surface area contributed by atoms with Gasteiger partial charge in [0.05, 0.1) is 19.2 Å². The lowest BCUT2D eigenvalue weighted by Crippen LogP contribution is -2.34. The molecule has 1 atom stereocenters. The van der Waals surface area contributed by atoms with Crippen LogP contribution in [0.25, 0.3) is 0 Å². The second-order valence-electron chi connectivity index (χ2n) is 5.79. The zero-order chi connectivity index (χ0) is 18.3. The second kappa shape index (κ2) is 8.76. The standard InChI is InChI=1S/C14H19BrF2N4O3/c1-14(2,3)24-12(22)18-7-10(6-17)8-21-13(23)20(9-19-21)11(15)4-5-16/h4-6,9,11H,7-8H2,1-3H3,(H,18,22)/b5-4+,10-6+. The molecular formula is C14H19BrF2N4O3. The van der Waals surface area contributed by atoms with Gasteiger partial charge in [-0.05, 0) is 32.4 Å². The number of nitrogens with one attached hydrogen (secondary N) is 1. The number of allylic oxidation sites excluding steroid dienone is 1. The number of carbonyl (C=O) groups excluding carboxylic acids is 1. The summed E-state index contributed by atoms with van der Waals surface area (Å²) >= 11 is 3.09. The van der Waals surface area contributed by atoms with Crippen LogP contribution in [0.1, 0.15) is 25.7 Å². The Hall–Kier alpha value is -1.97. The predicted octanol–water partition coefficient (Wildman–Crippen LogP) is 2.80. The fraction of sp³-hybridized carbons (Fsp3) is 0.500. The van der Waals surface area contributed by atoms with Crippen molar-refractivity contribution < 1.29 is 18.3 Å². The summed E-state index contributed by atoms with van der Waals surface area (Å²) in [4.78, 5) is 22.9. The lowest BCUT2D eigenvalue weighted by Gasteiger charge is -2.19. The highest BCUT2D eigenvalue weighted by Gasteiger charge is 2.17. The average molecular weight is 409 g/mol. The van der Waals surface area contributed by atoms with Gasteiger partial charge < -0.3 is 10.1 Å². The Balaban J connectivity index is 2.70. The fourth-order valence-corrected chi connectivity index (χ4v) is 2.00. The van der Waals surface area contributed by atoms with Crippen molar-refractivity contribution in [1.29, 1.82) is 0 Å². The van der Waals surface area contributed by atoms with Crippen molar-refractivity contribution in [2.45, 2.75) is 37.9 Å². The summed E-state index contributed by atoms with van der Waals surface area (Å²) < 4.78 is 32.3. The summed E-state index contributed by atoms with van der Waals surface area (Å²) in [5.74, 6) is 0. The van der Waals surface area contributed by atoms with Crippen LogP contribution in [0.4, 0.5) is 13.6 Å². The number of amides is 1. The van der Waals surface area contributed by atoms with Crippen LogP contribution in [0.15, 0.2) is 35.4 Å². The van der Waals surface area contributed by atoms with Crippen LogP contribution in [-0.4, -0.2) is 32.6 Å². The molecule has 0 spiro atoms. The first kappa shape index (κ1) is 20.1. The topological polar surface area (TPSA) is 78.2 Å². The van der Waals surface area contributed by atoms with Gasteiger partial charge in [-0.1, -0.05) is 15.9 Å². The normalized spacial score (nSPS) is 14.0. The van der Waals surface area contributed by atoms with Crippen molar-refractivity contribution >= 4 is 22.0 Å². The number of carbonyl (C=O) groups is 1. The number of ether oxygens (including phenoxy) is 1. The van der Waals surface area contributed by atoms with Gasteiger partial charge in [-0.3, -0.25) is 4.57 Å². The molecule has 1 heterocycles. The van der Waals surface area contributed by atoms with E-state index in [-0.39, 0.29) is 25.0 Å². The van der Waals surface area contributed by atoms with Gasteiger partial charge in [0.15, 0.2) is 0 Å². The molecule has 0 saturated carbocycles. The number of alkyl halides is 1. The van der Waals surface area contributed by atoms with Crippen LogP contribution in [0.5, 0.6) is 0 Å². The SMILES string of the molecule is CC(C)(C)OC(=O)NC/C(=C\F)Cn1ncn(C(Br)/C=C/F)c1=O. The van der Waals surface area contributed by atoms with E-state index in [0.29, 0.717) is 6.33 Å². The van der Waals surface area contributed by atoms with E-state index in [1.54, 1.807) is 20.8 Å². The third-order valence-corrected chi connectivity index (χ3v) is 3.37. The van der Waals surface area contributed by atoms with E-state index in [0.717, 1.165) is 15.3 Å². The number of halogens is 3. The van der Waals surface area contributed by atoms with Gasteiger partial charge in [0.2, 0.25) is 0 Å². The average Bonchev–Trinajstić information content (AvgIpc) is 2.83. The minimum atomic E-state index is -0.707. The van der Waals surface area contributed by atoms with Gasteiger partial charge in [-0.15, -0.1) is 0 Å². The molecule has 1 aromatic rings. The van der Waals surface area contributed by atoms with Crippen LogP contribution in [0.2, 0.25) is 0 Å². The van der Waals surface area contributed by atoms with Crippen LogP contribution in [-0.2, 0) is 11.3 Å². The first-order valence-electron chi connectivity index (χ1n) is 6.98. The number of alkyl carbamates (subject to hydrolysis) is 1. The fourth-order valence-electron chi connectivity index (χ4n) is 1.60. The van der Waals surface area contributed by atoms with Crippen molar-refractivity contribution in [3.05, 3.63) is 41.1 Å².